The average Bonchev–Trinajstić information content (AvgIpc) is 3.29. The second kappa shape index (κ2) is 8.21. The van der Waals surface area contributed by atoms with E-state index in [2.05, 4.69) is 19.1 Å². The molecule has 2 aliphatic carbocycles. The van der Waals surface area contributed by atoms with E-state index in [-0.39, 0.29) is 23.0 Å². The van der Waals surface area contributed by atoms with Gasteiger partial charge in [0.1, 0.15) is 9.73 Å². The Morgan fingerprint density at radius 3 is 2.65 bits per heavy atom. The van der Waals surface area contributed by atoms with E-state index >= 15 is 0 Å². The molecule has 0 aliphatic heterocycles. The van der Waals surface area contributed by atoms with Gasteiger partial charge in [0.05, 0.1) is 17.6 Å². The number of carbonyl (C=O) groups is 1. The summed E-state index contributed by atoms with van der Waals surface area (Å²) in [7, 11) is -3.40. The van der Waals surface area contributed by atoms with Crippen LogP contribution in [-0.2, 0) is 39.4 Å². The van der Waals surface area contributed by atoms with Gasteiger partial charge in [-0.15, -0.1) is 0 Å². The zero-order valence-electron chi connectivity index (χ0n) is 18.7. The lowest BCUT2D eigenvalue weighted by molar-refractivity contribution is -0.116. The van der Waals surface area contributed by atoms with Gasteiger partial charge in [0, 0.05) is 18.1 Å². The van der Waals surface area contributed by atoms with Crippen LogP contribution >= 0.6 is 0 Å². The van der Waals surface area contributed by atoms with Crippen LogP contribution in [0.3, 0.4) is 0 Å². The molecule has 1 saturated carbocycles. The number of fused-ring (bicyclic) bond motifs is 1. The molecule has 0 spiro atoms. The number of nitrogens with one attached hydrogen (secondary N) is 1. The molecule has 31 heavy (non-hydrogen) atoms. The largest absolute Gasteiger partial charge is 0.454 e. The molecule has 2 aliphatic rings. The van der Waals surface area contributed by atoms with E-state index < -0.39 is 15.3 Å². The predicted molar refractivity (Wildman–Crippen MR) is 121 cm³/mol. The number of hydrogen-bond donors (Lipinski definition) is 2. The smallest absolute Gasteiger partial charge is 0.199 e. The summed E-state index contributed by atoms with van der Waals surface area (Å²) in [4.78, 5) is 13.0. The highest BCUT2D eigenvalue weighted by Gasteiger charge is 2.30. The van der Waals surface area contributed by atoms with E-state index in [1.54, 1.807) is 13.8 Å². The third kappa shape index (κ3) is 4.51. The van der Waals surface area contributed by atoms with Crippen molar-refractivity contribution in [3.8, 4) is 0 Å². The van der Waals surface area contributed by atoms with Crippen molar-refractivity contribution in [3.63, 3.8) is 0 Å². The first kappa shape index (κ1) is 22.3. The van der Waals surface area contributed by atoms with Gasteiger partial charge in [-0.1, -0.05) is 25.5 Å². The average molecular weight is 444 g/mol. The Hall–Kier alpha value is -1.92. The lowest BCUT2D eigenvalue weighted by atomic mass is 9.72. The molecule has 0 amide bonds. The maximum Gasteiger partial charge on any atom is 0.199 e. The zero-order chi connectivity index (χ0) is 22.4. The van der Waals surface area contributed by atoms with Crippen LogP contribution in [0.4, 0.5) is 0 Å². The Morgan fingerprint density at radius 1 is 1.29 bits per heavy atom. The van der Waals surface area contributed by atoms with Gasteiger partial charge in [0.2, 0.25) is 0 Å². The van der Waals surface area contributed by atoms with Gasteiger partial charge in [-0.3, -0.25) is 4.79 Å². The highest BCUT2D eigenvalue weighted by atomic mass is 32.2. The maximum atomic E-state index is 13.0. The number of Topliss-reactive ketones (excluding diaryl/α,β-unsaturated/α-hetero) is 1. The molecular weight excluding hydrogens is 410 g/mol. The Balaban J connectivity index is 1.57. The molecule has 5 nitrogen and oxygen atoms in total. The molecule has 2 unspecified atom stereocenters. The monoisotopic (exact) mass is 443 g/mol. The van der Waals surface area contributed by atoms with Crippen molar-refractivity contribution in [2.45, 2.75) is 82.3 Å². The van der Waals surface area contributed by atoms with Crippen LogP contribution in [0.2, 0.25) is 0 Å². The number of ketones is 1. The molecule has 2 aromatic rings. The molecule has 0 saturated heterocycles. The van der Waals surface area contributed by atoms with Crippen molar-refractivity contribution in [2.24, 2.45) is 5.92 Å². The molecule has 2 N–H and O–H groups in total. The van der Waals surface area contributed by atoms with Gasteiger partial charge in [-0.05, 0) is 80.0 Å². The number of benzene rings is 1. The summed E-state index contributed by atoms with van der Waals surface area (Å²) in [5.74, 6) is 0.537. The van der Waals surface area contributed by atoms with Crippen molar-refractivity contribution in [1.29, 1.82) is 4.78 Å². The van der Waals surface area contributed by atoms with E-state index in [1.807, 2.05) is 0 Å². The zero-order valence-corrected chi connectivity index (χ0v) is 19.5. The Kier molecular flexibility index (Phi) is 5.90. The molecule has 1 heterocycles. The highest BCUT2D eigenvalue weighted by Crippen LogP contribution is 2.42. The topological polar surface area (TPSA) is 91.4 Å². The molecule has 6 heteroatoms. The molecule has 1 aromatic heterocycles. The van der Waals surface area contributed by atoms with E-state index in [0.29, 0.717) is 17.4 Å². The van der Waals surface area contributed by atoms with Crippen molar-refractivity contribution in [2.75, 3.05) is 5.75 Å². The summed E-state index contributed by atoms with van der Waals surface area (Å²) in [5.41, 5.74) is 4.31. The predicted octanol–water partition coefficient (Wildman–Crippen LogP) is 5.12. The van der Waals surface area contributed by atoms with E-state index in [4.69, 9.17) is 9.20 Å². The number of aliphatic hydroxyl groups is 1. The Morgan fingerprint density at radius 2 is 2.03 bits per heavy atom. The fraction of sp³-hybridized carbons (Fsp3) is 0.560. The lowest BCUT2D eigenvalue weighted by Crippen LogP contribution is -2.22. The number of aryl methyl sites for hydroxylation is 1. The number of carbonyl (C=O) groups excluding carboxylic acids is 1. The van der Waals surface area contributed by atoms with E-state index in [1.165, 1.54) is 48.3 Å². The Bertz CT molecular complexity index is 1090. The molecule has 2 atom stereocenters. The van der Waals surface area contributed by atoms with Gasteiger partial charge >= 0.3 is 0 Å². The maximum absolute atomic E-state index is 13.0. The highest BCUT2D eigenvalue weighted by molar-refractivity contribution is 7.93. The molecular formula is C25H33NO4S. The third-order valence-electron chi connectivity index (χ3n) is 7.13. The van der Waals surface area contributed by atoms with Crippen molar-refractivity contribution >= 4 is 15.5 Å². The summed E-state index contributed by atoms with van der Waals surface area (Å²) >= 11 is 0. The van der Waals surface area contributed by atoms with Crippen LogP contribution in [-0.4, -0.2) is 20.9 Å². The van der Waals surface area contributed by atoms with Crippen molar-refractivity contribution in [3.05, 3.63) is 52.3 Å². The minimum absolute atomic E-state index is 0.0423. The molecule has 4 rings (SSSR count). The number of furan rings is 1. The number of hydrogen-bond acceptors (Lipinski definition) is 5. The molecule has 0 radical (unpaired) electrons. The quantitative estimate of drug-likeness (QED) is 0.592. The van der Waals surface area contributed by atoms with Crippen molar-refractivity contribution in [1.82, 2.24) is 0 Å². The van der Waals surface area contributed by atoms with Gasteiger partial charge < -0.3 is 9.52 Å². The summed E-state index contributed by atoms with van der Waals surface area (Å²) in [6, 6.07) is 5.87. The minimum Gasteiger partial charge on any atom is -0.454 e. The fourth-order valence-electron chi connectivity index (χ4n) is 4.95. The summed E-state index contributed by atoms with van der Waals surface area (Å²) in [6.07, 6.45) is 8.47. The first-order valence-corrected chi connectivity index (χ1v) is 13.0. The van der Waals surface area contributed by atoms with Crippen LogP contribution in [0.15, 0.2) is 34.0 Å². The van der Waals surface area contributed by atoms with Gasteiger partial charge in [0.25, 0.3) is 0 Å². The third-order valence-corrected chi connectivity index (χ3v) is 8.72. The van der Waals surface area contributed by atoms with Gasteiger partial charge in [-0.2, -0.15) is 0 Å². The summed E-state index contributed by atoms with van der Waals surface area (Å²) in [6.45, 7) is 5.46. The first-order chi connectivity index (χ1) is 14.6. The van der Waals surface area contributed by atoms with Gasteiger partial charge in [0.15, 0.2) is 10.9 Å². The second-order valence-corrected chi connectivity index (χ2v) is 11.9. The van der Waals surface area contributed by atoms with Gasteiger partial charge in [-0.25, -0.2) is 8.99 Å². The van der Waals surface area contributed by atoms with Crippen molar-refractivity contribution < 1.29 is 18.5 Å². The molecule has 0 bridgehead atoms. The standard InChI is InChI=1S/C25H33NO4S/c1-16(17-6-4-7-17)21-11-10-18-8-5-9-22(18)23(21)13-20(27)15-31(26,29)24-12-19(14-30-24)25(2,3)28/h10-12,14,16-17,26,28H,4-9,13,15H2,1-3H3. The molecule has 1 fully saturated rings. The number of rotatable bonds is 8. The van der Waals surface area contributed by atoms with E-state index in [0.717, 1.165) is 24.8 Å². The van der Waals surface area contributed by atoms with Crippen LogP contribution in [0.5, 0.6) is 0 Å². The second-order valence-electron chi connectivity index (χ2n) is 9.85. The van der Waals surface area contributed by atoms with Crippen LogP contribution < -0.4 is 0 Å². The normalized spacial score (nSPS) is 19.5. The van der Waals surface area contributed by atoms with Crippen LogP contribution in [0.1, 0.15) is 80.2 Å². The van der Waals surface area contributed by atoms with E-state index in [9.17, 15) is 14.1 Å². The Labute approximate surface area is 185 Å². The summed E-state index contributed by atoms with van der Waals surface area (Å²) in [5, 5.41) is 10.1. The SMILES string of the molecule is CC(c1ccc2c(c1CC(=O)CS(=N)(=O)c1cc(C(C)(C)O)co1)CCC2)C1CCC1. The first-order valence-electron chi connectivity index (χ1n) is 11.3. The van der Waals surface area contributed by atoms with Crippen LogP contribution in [0.25, 0.3) is 0 Å². The lowest BCUT2D eigenvalue weighted by Gasteiger charge is -2.33. The summed E-state index contributed by atoms with van der Waals surface area (Å²) < 4.78 is 26.6. The fourth-order valence-corrected chi connectivity index (χ4v) is 6.16. The minimum atomic E-state index is -3.40. The van der Waals surface area contributed by atoms with Crippen LogP contribution in [0, 0.1) is 10.7 Å². The molecule has 1 aromatic carbocycles. The molecule has 168 valence electrons.